The van der Waals surface area contributed by atoms with Crippen LogP contribution in [0, 0.1) is 12.8 Å². The summed E-state index contributed by atoms with van der Waals surface area (Å²) < 4.78 is 0. The molecular weight excluding hydrogens is 174 g/mol. The molecule has 2 N–H and O–H groups in total. The number of H-pyrrole nitrogens is 1. The van der Waals surface area contributed by atoms with Gasteiger partial charge in [-0.25, -0.2) is 0 Å². The molecule has 0 spiro atoms. The van der Waals surface area contributed by atoms with Crippen molar-refractivity contribution in [3.8, 4) is 0 Å². The number of aryl methyl sites for hydroxylation is 2. The lowest BCUT2D eigenvalue weighted by molar-refractivity contribution is 0.613. The van der Waals surface area contributed by atoms with Crippen LogP contribution < -0.4 is 5.32 Å². The van der Waals surface area contributed by atoms with Crippen LogP contribution in [0.15, 0.2) is 6.20 Å². The summed E-state index contributed by atoms with van der Waals surface area (Å²) in [7, 11) is 0. The summed E-state index contributed by atoms with van der Waals surface area (Å²) in [5.74, 6) is 0.991. The maximum Gasteiger partial charge on any atom is 0.0522 e. The Morgan fingerprint density at radius 3 is 3.07 bits per heavy atom. The number of hydrogen-bond acceptors (Lipinski definition) is 2. The molecule has 1 fully saturated rings. The lowest BCUT2D eigenvalue weighted by Crippen LogP contribution is -2.18. The monoisotopic (exact) mass is 193 g/mol. The molecule has 1 aromatic rings. The smallest absolute Gasteiger partial charge is 0.0522 e. The van der Waals surface area contributed by atoms with E-state index in [2.05, 4.69) is 22.4 Å². The topological polar surface area (TPSA) is 40.7 Å². The number of hydrogen-bond donors (Lipinski definition) is 2. The second-order valence-corrected chi connectivity index (χ2v) is 4.27. The molecule has 0 aromatic carbocycles. The molecule has 0 atom stereocenters. The molecule has 0 unspecified atom stereocenters. The zero-order chi connectivity index (χ0) is 9.80. The van der Waals surface area contributed by atoms with Gasteiger partial charge < -0.3 is 5.32 Å². The van der Waals surface area contributed by atoms with E-state index < -0.39 is 0 Å². The van der Waals surface area contributed by atoms with Crippen molar-refractivity contribution in [1.82, 2.24) is 15.5 Å². The Kier molecular flexibility index (Phi) is 3.19. The van der Waals surface area contributed by atoms with Gasteiger partial charge in [-0.05, 0) is 57.2 Å². The van der Waals surface area contributed by atoms with Gasteiger partial charge in [0.2, 0.25) is 0 Å². The van der Waals surface area contributed by atoms with Crippen molar-refractivity contribution in [3.05, 3.63) is 17.5 Å². The predicted octanol–water partition coefficient (Wildman–Crippen LogP) is 1.65. The molecule has 1 aliphatic carbocycles. The van der Waals surface area contributed by atoms with Gasteiger partial charge in [0.05, 0.1) is 6.20 Å². The minimum absolute atomic E-state index is 0.991. The molecule has 0 radical (unpaired) electrons. The van der Waals surface area contributed by atoms with Crippen molar-refractivity contribution < 1.29 is 0 Å². The largest absolute Gasteiger partial charge is 0.316 e. The van der Waals surface area contributed by atoms with Crippen LogP contribution in [-0.4, -0.2) is 23.3 Å². The summed E-state index contributed by atoms with van der Waals surface area (Å²) in [6, 6.07) is 0. The SMILES string of the molecule is Cc1[nH]ncc1CCCNCC1CC1. The van der Waals surface area contributed by atoms with Gasteiger partial charge in [0, 0.05) is 5.69 Å². The number of nitrogens with one attached hydrogen (secondary N) is 2. The molecule has 0 aliphatic heterocycles. The Hall–Kier alpha value is -0.830. The molecule has 3 heteroatoms. The summed E-state index contributed by atoms with van der Waals surface area (Å²) in [6.45, 7) is 4.45. The summed E-state index contributed by atoms with van der Waals surface area (Å²) >= 11 is 0. The second kappa shape index (κ2) is 4.60. The fourth-order valence-corrected chi connectivity index (χ4v) is 1.66. The van der Waals surface area contributed by atoms with Crippen LogP contribution in [0.4, 0.5) is 0 Å². The number of nitrogens with zero attached hydrogens (tertiary/aromatic N) is 1. The summed E-state index contributed by atoms with van der Waals surface area (Å²) in [6.07, 6.45) is 7.17. The lowest BCUT2D eigenvalue weighted by atomic mass is 10.1. The Bertz CT molecular complexity index is 276. The van der Waals surface area contributed by atoms with Gasteiger partial charge in [0.1, 0.15) is 0 Å². The number of rotatable bonds is 6. The fraction of sp³-hybridized carbons (Fsp3) is 0.727. The normalized spacial score (nSPS) is 16.1. The molecule has 0 bridgehead atoms. The molecule has 78 valence electrons. The highest BCUT2D eigenvalue weighted by Crippen LogP contribution is 2.27. The summed E-state index contributed by atoms with van der Waals surface area (Å²) in [4.78, 5) is 0. The zero-order valence-corrected chi connectivity index (χ0v) is 8.84. The minimum atomic E-state index is 0.991. The van der Waals surface area contributed by atoms with Gasteiger partial charge in [-0.3, -0.25) is 5.10 Å². The van der Waals surface area contributed by atoms with E-state index in [1.807, 2.05) is 6.20 Å². The van der Waals surface area contributed by atoms with E-state index >= 15 is 0 Å². The molecule has 1 heterocycles. The average Bonchev–Trinajstić information content (AvgIpc) is 2.91. The van der Waals surface area contributed by atoms with Crippen molar-refractivity contribution in [1.29, 1.82) is 0 Å². The molecular formula is C11H19N3. The van der Waals surface area contributed by atoms with Crippen LogP contribution in [-0.2, 0) is 6.42 Å². The van der Waals surface area contributed by atoms with E-state index in [9.17, 15) is 0 Å². The summed E-state index contributed by atoms with van der Waals surface area (Å²) in [5, 5.41) is 10.5. The van der Waals surface area contributed by atoms with E-state index in [1.165, 1.54) is 37.1 Å². The third kappa shape index (κ3) is 2.84. The average molecular weight is 193 g/mol. The first-order valence-electron chi connectivity index (χ1n) is 5.56. The van der Waals surface area contributed by atoms with Crippen LogP contribution in [0.3, 0.4) is 0 Å². The van der Waals surface area contributed by atoms with Crippen LogP contribution in [0.25, 0.3) is 0 Å². The molecule has 1 saturated carbocycles. The standard InChI is InChI=1S/C11H19N3/c1-9-11(8-13-14-9)3-2-6-12-7-10-4-5-10/h8,10,12H,2-7H2,1H3,(H,13,14). The van der Waals surface area contributed by atoms with E-state index in [4.69, 9.17) is 0 Å². The lowest BCUT2D eigenvalue weighted by Gasteiger charge is -2.02. The first-order valence-corrected chi connectivity index (χ1v) is 5.56. The molecule has 0 saturated heterocycles. The molecule has 3 nitrogen and oxygen atoms in total. The number of aromatic amines is 1. The third-order valence-electron chi connectivity index (χ3n) is 2.86. The van der Waals surface area contributed by atoms with Gasteiger partial charge in [-0.15, -0.1) is 0 Å². The van der Waals surface area contributed by atoms with E-state index in [0.29, 0.717) is 0 Å². The maximum absolute atomic E-state index is 4.01. The highest BCUT2D eigenvalue weighted by atomic mass is 15.1. The predicted molar refractivity (Wildman–Crippen MR) is 57.2 cm³/mol. The van der Waals surface area contributed by atoms with Gasteiger partial charge in [-0.2, -0.15) is 5.10 Å². The summed E-state index contributed by atoms with van der Waals surface area (Å²) in [5.41, 5.74) is 2.57. The first kappa shape index (κ1) is 9.71. The van der Waals surface area contributed by atoms with Crippen molar-refractivity contribution in [2.75, 3.05) is 13.1 Å². The molecule has 1 aromatic heterocycles. The fourth-order valence-electron chi connectivity index (χ4n) is 1.66. The van der Waals surface area contributed by atoms with E-state index in [0.717, 1.165) is 18.9 Å². The van der Waals surface area contributed by atoms with E-state index in [-0.39, 0.29) is 0 Å². The van der Waals surface area contributed by atoms with E-state index in [1.54, 1.807) is 0 Å². The maximum atomic E-state index is 4.01. The Morgan fingerprint density at radius 2 is 2.43 bits per heavy atom. The van der Waals surface area contributed by atoms with Crippen molar-refractivity contribution in [2.24, 2.45) is 5.92 Å². The van der Waals surface area contributed by atoms with Crippen LogP contribution in [0.1, 0.15) is 30.5 Å². The van der Waals surface area contributed by atoms with Crippen molar-refractivity contribution in [3.63, 3.8) is 0 Å². The molecule has 0 amide bonds. The van der Waals surface area contributed by atoms with Crippen LogP contribution >= 0.6 is 0 Å². The quantitative estimate of drug-likeness (QED) is 0.674. The van der Waals surface area contributed by atoms with Crippen LogP contribution in [0.2, 0.25) is 0 Å². The highest BCUT2D eigenvalue weighted by molar-refractivity contribution is 5.14. The number of aromatic nitrogens is 2. The third-order valence-corrected chi connectivity index (χ3v) is 2.86. The van der Waals surface area contributed by atoms with Crippen molar-refractivity contribution >= 4 is 0 Å². The zero-order valence-electron chi connectivity index (χ0n) is 8.84. The highest BCUT2D eigenvalue weighted by Gasteiger charge is 2.19. The van der Waals surface area contributed by atoms with Crippen molar-refractivity contribution in [2.45, 2.75) is 32.6 Å². The molecule has 14 heavy (non-hydrogen) atoms. The molecule has 2 rings (SSSR count). The minimum Gasteiger partial charge on any atom is -0.316 e. The Labute approximate surface area is 85.3 Å². The Morgan fingerprint density at radius 1 is 1.57 bits per heavy atom. The van der Waals surface area contributed by atoms with Gasteiger partial charge >= 0.3 is 0 Å². The molecule has 1 aliphatic rings. The van der Waals surface area contributed by atoms with Gasteiger partial charge in [0.25, 0.3) is 0 Å². The van der Waals surface area contributed by atoms with Gasteiger partial charge in [-0.1, -0.05) is 0 Å². The second-order valence-electron chi connectivity index (χ2n) is 4.27. The van der Waals surface area contributed by atoms with Gasteiger partial charge in [0.15, 0.2) is 0 Å². The van der Waals surface area contributed by atoms with Crippen LogP contribution in [0.5, 0.6) is 0 Å². The Balaban J connectivity index is 1.56. The first-order chi connectivity index (χ1) is 6.86.